The van der Waals surface area contributed by atoms with Crippen LogP contribution in [0.4, 0.5) is 5.82 Å². The normalized spacial score (nSPS) is 11.7. The number of rotatable bonds is 6. The molecule has 0 unspecified atom stereocenters. The maximum Gasteiger partial charge on any atom is 0.134 e. The Labute approximate surface area is 110 Å². The first-order chi connectivity index (χ1) is 8.49. The Morgan fingerprint density at radius 3 is 2.33 bits per heavy atom. The van der Waals surface area contributed by atoms with Gasteiger partial charge in [0.2, 0.25) is 0 Å². The number of hydrogen-bond acceptors (Lipinski definition) is 4. The second-order valence-electron chi connectivity index (χ2n) is 5.13. The van der Waals surface area contributed by atoms with Crippen LogP contribution in [0.2, 0.25) is 0 Å². The Morgan fingerprint density at radius 2 is 1.83 bits per heavy atom. The molecule has 0 radical (unpaired) electrons. The van der Waals surface area contributed by atoms with Crippen molar-refractivity contribution in [1.82, 2.24) is 9.97 Å². The molecule has 0 aliphatic heterocycles. The molecule has 0 atom stereocenters. The minimum absolute atomic E-state index is 0.0416. The quantitative estimate of drug-likeness (QED) is 0.843. The van der Waals surface area contributed by atoms with Gasteiger partial charge in [0, 0.05) is 30.3 Å². The van der Waals surface area contributed by atoms with Crippen LogP contribution in [0, 0.1) is 19.3 Å². The lowest BCUT2D eigenvalue weighted by Gasteiger charge is -2.35. The van der Waals surface area contributed by atoms with Gasteiger partial charge in [-0.25, -0.2) is 9.97 Å². The highest BCUT2D eigenvalue weighted by molar-refractivity contribution is 5.46. The second-order valence-corrected chi connectivity index (χ2v) is 5.13. The average Bonchev–Trinajstić information content (AvgIpc) is 2.39. The van der Waals surface area contributed by atoms with Crippen LogP contribution < -0.4 is 4.90 Å². The Hall–Kier alpha value is -1.16. The van der Waals surface area contributed by atoms with Crippen molar-refractivity contribution in [2.45, 2.75) is 40.5 Å². The molecule has 1 rings (SSSR count). The molecule has 0 spiro atoms. The third kappa shape index (κ3) is 2.99. The van der Waals surface area contributed by atoms with Gasteiger partial charge < -0.3 is 10.0 Å². The zero-order valence-electron chi connectivity index (χ0n) is 12.2. The summed E-state index contributed by atoms with van der Waals surface area (Å²) in [6.45, 7) is 9.32. The molecule has 0 bridgehead atoms. The van der Waals surface area contributed by atoms with Crippen LogP contribution in [0.25, 0.3) is 0 Å². The van der Waals surface area contributed by atoms with Crippen molar-refractivity contribution in [2.24, 2.45) is 5.41 Å². The van der Waals surface area contributed by atoms with Crippen LogP contribution >= 0.6 is 0 Å². The minimum atomic E-state index is -0.0416. The predicted molar refractivity (Wildman–Crippen MR) is 74.9 cm³/mol. The van der Waals surface area contributed by atoms with E-state index in [0.717, 1.165) is 36.5 Å². The summed E-state index contributed by atoms with van der Waals surface area (Å²) in [6.07, 6.45) is 3.54. The van der Waals surface area contributed by atoms with Gasteiger partial charge in [-0.1, -0.05) is 13.8 Å². The molecule has 0 saturated heterocycles. The third-order valence-electron chi connectivity index (χ3n) is 4.08. The van der Waals surface area contributed by atoms with Crippen LogP contribution in [-0.4, -0.2) is 35.3 Å². The molecular formula is C14H25N3O. The molecule has 1 aromatic heterocycles. The Kier molecular flexibility index (Phi) is 5.08. The molecule has 0 aromatic carbocycles. The molecule has 0 aliphatic rings. The van der Waals surface area contributed by atoms with Crippen molar-refractivity contribution in [3.8, 4) is 0 Å². The Balaban J connectivity index is 2.94. The Bertz CT molecular complexity index is 380. The maximum absolute atomic E-state index is 9.64. The average molecular weight is 251 g/mol. The molecule has 4 nitrogen and oxygen atoms in total. The molecule has 0 aliphatic carbocycles. The van der Waals surface area contributed by atoms with Crippen LogP contribution in [0.3, 0.4) is 0 Å². The molecule has 0 amide bonds. The van der Waals surface area contributed by atoms with Crippen LogP contribution in [0.15, 0.2) is 6.33 Å². The molecular weight excluding hydrogens is 226 g/mol. The lowest BCUT2D eigenvalue weighted by Crippen LogP contribution is -2.38. The summed E-state index contributed by atoms with van der Waals surface area (Å²) < 4.78 is 0. The van der Waals surface area contributed by atoms with E-state index in [2.05, 4.69) is 28.7 Å². The SMILES string of the molecule is CCC(CC)(CO)CN(C)c1ncnc(C)c1C. The summed E-state index contributed by atoms with van der Waals surface area (Å²) in [5.41, 5.74) is 2.08. The van der Waals surface area contributed by atoms with E-state index in [-0.39, 0.29) is 12.0 Å². The van der Waals surface area contributed by atoms with E-state index in [1.165, 1.54) is 0 Å². The fourth-order valence-electron chi connectivity index (χ4n) is 2.24. The van der Waals surface area contributed by atoms with Gasteiger partial charge in [0.05, 0.1) is 6.61 Å². The molecule has 1 N–H and O–H groups in total. The highest BCUT2D eigenvalue weighted by Crippen LogP contribution is 2.29. The second kappa shape index (κ2) is 6.14. The number of nitrogens with zero attached hydrogens (tertiary/aromatic N) is 3. The highest BCUT2D eigenvalue weighted by Gasteiger charge is 2.28. The number of hydrogen-bond donors (Lipinski definition) is 1. The first-order valence-corrected chi connectivity index (χ1v) is 6.60. The molecule has 0 fully saturated rings. The lowest BCUT2D eigenvalue weighted by atomic mass is 9.83. The first-order valence-electron chi connectivity index (χ1n) is 6.60. The van der Waals surface area contributed by atoms with Crippen molar-refractivity contribution in [2.75, 3.05) is 25.1 Å². The largest absolute Gasteiger partial charge is 0.396 e. The van der Waals surface area contributed by atoms with Crippen molar-refractivity contribution in [3.63, 3.8) is 0 Å². The number of anilines is 1. The van der Waals surface area contributed by atoms with E-state index < -0.39 is 0 Å². The minimum Gasteiger partial charge on any atom is -0.396 e. The van der Waals surface area contributed by atoms with E-state index in [1.807, 2.05) is 20.9 Å². The van der Waals surface area contributed by atoms with E-state index in [9.17, 15) is 5.11 Å². The number of aryl methyl sites for hydroxylation is 1. The molecule has 4 heteroatoms. The van der Waals surface area contributed by atoms with E-state index in [4.69, 9.17) is 0 Å². The summed E-state index contributed by atoms with van der Waals surface area (Å²) in [4.78, 5) is 10.7. The van der Waals surface area contributed by atoms with Crippen molar-refractivity contribution >= 4 is 5.82 Å². The lowest BCUT2D eigenvalue weighted by molar-refractivity contribution is 0.121. The number of aliphatic hydroxyl groups excluding tert-OH is 1. The van der Waals surface area contributed by atoms with Gasteiger partial charge >= 0.3 is 0 Å². The van der Waals surface area contributed by atoms with E-state index in [0.29, 0.717) is 0 Å². The van der Waals surface area contributed by atoms with Gasteiger partial charge in [0.15, 0.2) is 0 Å². The van der Waals surface area contributed by atoms with Crippen LogP contribution in [0.1, 0.15) is 37.9 Å². The monoisotopic (exact) mass is 251 g/mol. The van der Waals surface area contributed by atoms with Gasteiger partial charge in [-0.2, -0.15) is 0 Å². The zero-order chi connectivity index (χ0) is 13.8. The molecule has 0 saturated carbocycles. The standard InChI is InChI=1S/C14H25N3O/c1-6-14(7-2,9-18)8-17(5)13-11(3)12(4)15-10-16-13/h10,18H,6-9H2,1-5H3. The zero-order valence-corrected chi connectivity index (χ0v) is 12.2. The molecule has 102 valence electrons. The summed E-state index contributed by atoms with van der Waals surface area (Å²) >= 11 is 0. The Morgan fingerprint density at radius 1 is 1.22 bits per heavy atom. The van der Waals surface area contributed by atoms with Gasteiger partial charge in [-0.15, -0.1) is 0 Å². The van der Waals surface area contributed by atoms with E-state index in [1.54, 1.807) is 6.33 Å². The van der Waals surface area contributed by atoms with Crippen molar-refractivity contribution < 1.29 is 5.11 Å². The fourth-order valence-corrected chi connectivity index (χ4v) is 2.24. The van der Waals surface area contributed by atoms with Gasteiger partial charge in [0.25, 0.3) is 0 Å². The fraction of sp³-hybridized carbons (Fsp3) is 0.714. The smallest absolute Gasteiger partial charge is 0.134 e. The predicted octanol–water partition coefficient (Wildman–Crippen LogP) is 2.33. The summed E-state index contributed by atoms with van der Waals surface area (Å²) in [5, 5.41) is 9.64. The van der Waals surface area contributed by atoms with Crippen LogP contribution in [0.5, 0.6) is 0 Å². The summed E-state index contributed by atoms with van der Waals surface area (Å²) in [7, 11) is 2.03. The number of aliphatic hydroxyl groups is 1. The molecule has 1 aromatic rings. The van der Waals surface area contributed by atoms with E-state index >= 15 is 0 Å². The van der Waals surface area contributed by atoms with Crippen molar-refractivity contribution in [3.05, 3.63) is 17.6 Å². The third-order valence-corrected chi connectivity index (χ3v) is 4.08. The summed E-state index contributed by atoms with van der Waals surface area (Å²) in [6, 6.07) is 0. The first kappa shape index (κ1) is 14.9. The molecule has 18 heavy (non-hydrogen) atoms. The van der Waals surface area contributed by atoms with Crippen LogP contribution in [-0.2, 0) is 0 Å². The highest BCUT2D eigenvalue weighted by atomic mass is 16.3. The molecule has 1 heterocycles. The van der Waals surface area contributed by atoms with Gasteiger partial charge in [-0.3, -0.25) is 0 Å². The topological polar surface area (TPSA) is 49.2 Å². The van der Waals surface area contributed by atoms with Crippen molar-refractivity contribution in [1.29, 1.82) is 0 Å². The van der Waals surface area contributed by atoms with Gasteiger partial charge in [0.1, 0.15) is 12.1 Å². The number of aromatic nitrogens is 2. The maximum atomic E-state index is 9.64. The summed E-state index contributed by atoms with van der Waals surface area (Å²) in [5.74, 6) is 0.960. The van der Waals surface area contributed by atoms with Gasteiger partial charge in [-0.05, 0) is 26.7 Å².